The molecule has 3 heterocycles. The number of rotatable bonds is 3. The fourth-order valence-electron chi connectivity index (χ4n) is 2.94. The van der Waals surface area contributed by atoms with Gasteiger partial charge in [-0.1, -0.05) is 28.9 Å². The zero-order valence-corrected chi connectivity index (χ0v) is 15.8. The number of hydrogen-bond donors (Lipinski definition) is 1. The third-order valence-corrected chi connectivity index (χ3v) is 4.67. The van der Waals surface area contributed by atoms with Crippen LogP contribution in [-0.2, 0) is 0 Å². The maximum atomic E-state index is 5.96. The van der Waals surface area contributed by atoms with Gasteiger partial charge in [-0.15, -0.1) is 12.4 Å². The quantitative estimate of drug-likeness (QED) is 0.737. The van der Waals surface area contributed by atoms with E-state index >= 15 is 0 Å². The second kappa shape index (κ2) is 8.14. The molecule has 3 aromatic rings. The molecule has 0 radical (unpaired) electrons. The molecule has 0 bridgehead atoms. The topological polar surface area (TPSA) is 67.1 Å². The Morgan fingerprint density at radius 2 is 1.92 bits per heavy atom. The summed E-state index contributed by atoms with van der Waals surface area (Å²) in [5.41, 5.74) is 2.82. The predicted molar refractivity (Wildman–Crippen MR) is 103 cm³/mol. The van der Waals surface area contributed by atoms with Crippen LogP contribution in [-0.4, -0.2) is 46.7 Å². The molecular weight excluding hydrogens is 373 g/mol. The molecule has 2 aromatic heterocycles. The molecule has 1 unspecified atom stereocenters. The van der Waals surface area contributed by atoms with E-state index in [9.17, 15) is 0 Å². The van der Waals surface area contributed by atoms with Crippen LogP contribution >= 0.6 is 24.0 Å². The highest BCUT2D eigenvalue weighted by atomic mass is 35.5. The largest absolute Gasteiger partial charge is 0.334 e. The lowest BCUT2D eigenvalue weighted by atomic mass is 10.1. The number of pyridine rings is 1. The van der Waals surface area contributed by atoms with E-state index in [0.717, 1.165) is 36.3 Å². The fourth-order valence-corrected chi connectivity index (χ4v) is 3.06. The Hall–Kier alpha value is -1.99. The number of likely N-dealkylation sites (N-methyl/N-ethyl adjacent to an activating group) is 1. The van der Waals surface area contributed by atoms with Crippen LogP contribution in [0.25, 0.3) is 22.6 Å². The first-order valence-corrected chi connectivity index (χ1v) is 8.54. The summed E-state index contributed by atoms with van der Waals surface area (Å²) < 4.78 is 5.49. The predicted octanol–water partition coefficient (Wildman–Crippen LogP) is 3.45. The summed E-state index contributed by atoms with van der Waals surface area (Å²) in [6.07, 6.45) is 3.54. The van der Waals surface area contributed by atoms with E-state index in [1.807, 2.05) is 36.5 Å². The van der Waals surface area contributed by atoms with Gasteiger partial charge in [0.15, 0.2) is 5.82 Å². The number of nitrogens with one attached hydrogen (secondary N) is 1. The molecular formula is C18H19Cl2N5O. The minimum atomic E-state index is 0. The Balaban J connectivity index is 0.00000196. The van der Waals surface area contributed by atoms with Gasteiger partial charge in [0.05, 0.1) is 11.6 Å². The zero-order valence-electron chi connectivity index (χ0n) is 14.2. The lowest BCUT2D eigenvalue weighted by Gasteiger charge is -2.30. The molecule has 136 valence electrons. The van der Waals surface area contributed by atoms with Gasteiger partial charge < -0.3 is 9.84 Å². The molecule has 1 aromatic carbocycles. The standard InChI is InChI=1S/C18H18ClN5O.ClH/c1-24-7-6-20-11-16(24)17-22-18(25-23-17)14-8-13(9-21-10-14)12-2-4-15(19)5-3-12;/h2-5,8-10,16,20H,6-7,11H2,1H3;1H. The molecule has 0 amide bonds. The van der Waals surface area contributed by atoms with Crippen LogP contribution in [0.3, 0.4) is 0 Å². The van der Waals surface area contributed by atoms with Crippen molar-refractivity contribution in [3.63, 3.8) is 0 Å². The van der Waals surface area contributed by atoms with Gasteiger partial charge in [-0.05, 0) is 30.8 Å². The highest BCUT2D eigenvalue weighted by Gasteiger charge is 2.25. The maximum absolute atomic E-state index is 5.96. The highest BCUT2D eigenvalue weighted by molar-refractivity contribution is 6.30. The lowest BCUT2D eigenvalue weighted by Crippen LogP contribution is -2.44. The monoisotopic (exact) mass is 391 g/mol. The molecule has 1 saturated heterocycles. The van der Waals surface area contributed by atoms with Crippen LogP contribution in [0, 0.1) is 0 Å². The van der Waals surface area contributed by atoms with Crippen LogP contribution < -0.4 is 5.32 Å². The number of nitrogens with zero attached hydrogens (tertiary/aromatic N) is 4. The zero-order chi connectivity index (χ0) is 17.2. The van der Waals surface area contributed by atoms with Crippen molar-refractivity contribution in [3.8, 4) is 22.6 Å². The second-order valence-electron chi connectivity index (χ2n) is 6.13. The summed E-state index contributed by atoms with van der Waals surface area (Å²) in [7, 11) is 2.07. The van der Waals surface area contributed by atoms with E-state index in [2.05, 4.69) is 32.4 Å². The van der Waals surface area contributed by atoms with Crippen LogP contribution in [0.2, 0.25) is 5.02 Å². The molecule has 4 rings (SSSR count). The minimum absolute atomic E-state index is 0. The van der Waals surface area contributed by atoms with Crippen molar-refractivity contribution in [3.05, 3.63) is 53.6 Å². The average Bonchev–Trinajstić information content (AvgIpc) is 3.13. The first-order chi connectivity index (χ1) is 12.2. The van der Waals surface area contributed by atoms with E-state index in [4.69, 9.17) is 16.1 Å². The highest BCUT2D eigenvalue weighted by Crippen LogP contribution is 2.27. The molecule has 26 heavy (non-hydrogen) atoms. The van der Waals surface area contributed by atoms with Crippen molar-refractivity contribution in [2.24, 2.45) is 0 Å². The van der Waals surface area contributed by atoms with Crippen LogP contribution in [0.4, 0.5) is 0 Å². The molecule has 1 aliphatic heterocycles. The smallest absolute Gasteiger partial charge is 0.259 e. The van der Waals surface area contributed by atoms with Gasteiger partial charge in [0, 0.05) is 42.6 Å². The van der Waals surface area contributed by atoms with Gasteiger partial charge in [0.1, 0.15) is 0 Å². The number of piperazine rings is 1. The Morgan fingerprint density at radius 3 is 2.69 bits per heavy atom. The molecule has 8 heteroatoms. The lowest BCUT2D eigenvalue weighted by molar-refractivity contribution is 0.190. The van der Waals surface area contributed by atoms with Gasteiger partial charge in [-0.2, -0.15) is 4.98 Å². The third kappa shape index (κ3) is 3.88. The van der Waals surface area contributed by atoms with Crippen molar-refractivity contribution in [2.45, 2.75) is 6.04 Å². The minimum Gasteiger partial charge on any atom is -0.334 e. The number of hydrogen-bond acceptors (Lipinski definition) is 6. The molecule has 1 atom stereocenters. The van der Waals surface area contributed by atoms with Crippen molar-refractivity contribution < 1.29 is 4.52 Å². The summed E-state index contributed by atoms with van der Waals surface area (Å²) in [5, 5.41) is 8.24. The van der Waals surface area contributed by atoms with Crippen molar-refractivity contribution >= 4 is 24.0 Å². The van der Waals surface area contributed by atoms with Crippen LogP contribution in [0.1, 0.15) is 11.9 Å². The van der Waals surface area contributed by atoms with Crippen molar-refractivity contribution in [2.75, 3.05) is 26.7 Å². The Kier molecular flexibility index (Phi) is 5.88. The maximum Gasteiger partial charge on any atom is 0.259 e. The average molecular weight is 392 g/mol. The van der Waals surface area contributed by atoms with Crippen LogP contribution in [0.5, 0.6) is 0 Å². The Labute approximate surface area is 163 Å². The Morgan fingerprint density at radius 1 is 1.15 bits per heavy atom. The van der Waals surface area contributed by atoms with Gasteiger partial charge in [0.2, 0.25) is 0 Å². The van der Waals surface area contributed by atoms with Crippen LogP contribution in [0.15, 0.2) is 47.2 Å². The van der Waals surface area contributed by atoms with Crippen molar-refractivity contribution in [1.29, 1.82) is 0 Å². The summed E-state index contributed by atoms with van der Waals surface area (Å²) >= 11 is 5.96. The van der Waals surface area contributed by atoms with E-state index in [-0.39, 0.29) is 18.4 Å². The molecule has 0 spiro atoms. The Bertz CT molecular complexity index is 868. The second-order valence-corrected chi connectivity index (χ2v) is 6.56. The van der Waals surface area contributed by atoms with E-state index in [1.165, 1.54) is 0 Å². The normalized spacial score (nSPS) is 17.7. The first kappa shape index (κ1) is 18.8. The molecule has 1 fully saturated rings. The van der Waals surface area contributed by atoms with E-state index in [1.54, 1.807) is 6.20 Å². The van der Waals surface area contributed by atoms with Gasteiger partial charge >= 0.3 is 0 Å². The summed E-state index contributed by atoms with van der Waals surface area (Å²) in [6.45, 7) is 2.76. The van der Waals surface area contributed by atoms with E-state index < -0.39 is 0 Å². The summed E-state index contributed by atoms with van der Waals surface area (Å²) in [4.78, 5) is 11.1. The number of aromatic nitrogens is 3. The number of halogens is 2. The van der Waals surface area contributed by atoms with Gasteiger partial charge in [-0.25, -0.2) is 0 Å². The van der Waals surface area contributed by atoms with Gasteiger partial charge in [0.25, 0.3) is 5.89 Å². The number of benzene rings is 1. The SMILES string of the molecule is CN1CCNCC1c1noc(-c2cncc(-c3ccc(Cl)cc3)c2)n1.Cl. The first-order valence-electron chi connectivity index (χ1n) is 8.16. The van der Waals surface area contributed by atoms with Crippen molar-refractivity contribution in [1.82, 2.24) is 25.3 Å². The molecule has 0 saturated carbocycles. The molecule has 1 N–H and O–H groups in total. The fraction of sp³-hybridized carbons (Fsp3) is 0.278. The summed E-state index contributed by atoms with van der Waals surface area (Å²) in [5.74, 6) is 1.18. The van der Waals surface area contributed by atoms with Gasteiger partial charge in [-0.3, -0.25) is 9.88 Å². The summed E-state index contributed by atoms with van der Waals surface area (Å²) in [6, 6.07) is 9.77. The third-order valence-electron chi connectivity index (χ3n) is 4.41. The molecule has 1 aliphatic rings. The molecule has 6 nitrogen and oxygen atoms in total. The van der Waals surface area contributed by atoms with E-state index in [0.29, 0.717) is 16.7 Å². The molecule has 0 aliphatic carbocycles.